The predicted molar refractivity (Wildman–Crippen MR) is 68.7 cm³/mol. The highest BCUT2D eigenvalue weighted by molar-refractivity contribution is 5.65. The van der Waals surface area contributed by atoms with Crippen LogP contribution in [0.5, 0.6) is 5.75 Å². The first-order valence-corrected chi connectivity index (χ1v) is 5.63. The zero-order chi connectivity index (χ0) is 12.1. The number of hydrogen-bond acceptors (Lipinski definition) is 4. The maximum Gasteiger partial charge on any atom is 0.143 e. The second-order valence-corrected chi connectivity index (χ2v) is 3.78. The largest absolute Gasteiger partial charge is 0.505 e. The molecule has 0 aromatic heterocycles. The Morgan fingerprint density at radius 3 is 2.44 bits per heavy atom. The second-order valence-electron chi connectivity index (χ2n) is 3.78. The lowest BCUT2D eigenvalue weighted by atomic mass is 10.1. The van der Waals surface area contributed by atoms with Gasteiger partial charge in [0.25, 0.3) is 0 Å². The summed E-state index contributed by atoms with van der Waals surface area (Å²) >= 11 is 0. The van der Waals surface area contributed by atoms with Crippen molar-refractivity contribution < 1.29 is 5.11 Å². The average molecular weight is 223 g/mol. The molecule has 16 heavy (non-hydrogen) atoms. The second kappa shape index (κ2) is 5.61. The normalized spacial score (nSPS) is 10.8. The van der Waals surface area contributed by atoms with Crippen molar-refractivity contribution in [3.63, 3.8) is 0 Å². The molecule has 0 aliphatic carbocycles. The molecule has 1 aromatic carbocycles. The topological polar surface area (TPSA) is 61.5 Å². The minimum Gasteiger partial charge on any atom is -0.505 e. The fourth-order valence-electron chi connectivity index (χ4n) is 1.67. The number of phenolic OH excluding ortho intramolecular Hbond substituents is 1. The number of benzene rings is 1. The number of rotatable bonds is 5. The molecule has 0 unspecified atom stereocenters. The Bertz CT molecular complexity index is 348. The van der Waals surface area contributed by atoms with E-state index in [2.05, 4.69) is 24.1 Å². The standard InChI is InChI=1S/C12H21N3O/c1-4-15(5-2)8-9-6-10(14-3)7-11(13)12(9)16/h6-7,14,16H,4-5,8,13H2,1-3H3. The number of anilines is 2. The molecular weight excluding hydrogens is 202 g/mol. The predicted octanol–water partition coefficient (Wildman–Crippen LogP) is 1.86. The number of phenols is 1. The number of nitrogen functional groups attached to an aromatic ring is 1. The Kier molecular flexibility index (Phi) is 4.43. The molecule has 0 radical (unpaired) electrons. The van der Waals surface area contributed by atoms with E-state index in [0.29, 0.717) is 5.69 Å². The molecule has 1 rings (SSSR count). The van der Waals surface area contributed by atoms with E-state index in [1.54, 1.807) is 6.07 Å². The van der Waals surface area contributed by atoms with Crippen LogP contribution in [0.3, 0.4) is 0 Å². The number of hydrogen-bond donors (Lipinski definition) is 3. The summed E-state index contributed by atoms with van der Waals surface area (Å²) in [6.07, 6.45) is 0. The highest BCUT2D eigenvalue weighted by Gasteiger charge is 2.10. The summed E-state index contributed by atoms with van der Waals surface area (Å²) in [5.41, 5.74) is 7.97. The van der Waals surface area contributed by atoms with Crippen LogP contribution >= 0.6 is 0 Å². The van der Waals surface area contributed by atoms with Gasteiger partial charge in [0.2, 0.25) is 0 Å². The van der Waals surface area contributed by atoms with Gasteiger partial charge in [0, 0.05) is 24.8 Å². The monoisotopic (exact) mass is 223 g/mol. The van der Waals surface area contributed by atoms with Crippen molar-refractivity contribution in [2.45, 2.75) is 20.4 Å². The van der Waals surface area contributed by atoms with E-state index >= 15 is 0 Å². The third-order valence-electron chi connectivity index (χ3n) is 2.80. The van der Waals surface area contributed by atoms with Gasteiger partial charge in [0.05, 0.1) is 5.69 Å². The van der Waals surface area contributed by atoms with Crippen LogP contribution in [-0.2, 0) is 6.54 Å². The molecule has 0 amide bonds. The molecule has 0 saturated heterocycles. The Morgan fingerprint density at radius 1 is 1.31 bits per heavy atom. The van der Waals surface area contributed by atoms with Gasteiger partial charge in [0.15, 0.2) is 0 Å². The summed E-state index contributed by atoms with van der Waals surface area (Å²) in [6.45, 7) is 6.84. The van der Waals surface area contributed by atoms with Crippen molar-refractivity contribution in [1.82, 2.24) is 4.90 Å². The van der Waals surface area contributed by atoms with E-state index in [1.165, 1.54) is 0 Å². The van der Waals surface area contributed by atoms with Crippen LogP contribution in [-0.4, -0.2) is 30.1 Å². The van der Waals surface area contributed by atoms with E-state index in [9.17, 15) is 5.11 Å². The highest BCUT2D eigenvalue weighted by Crippen LogP contribution is 2.30. The Balaban J connectivity index is 2.97. The zero-order valence-corrected chi connectivity index (χ0v) is 10.2. The molecular formula is C12H21N3O. The Morgan fingerprint density at radius 2 is 1.94 bits per heavy atom. The van der Waals surface area contributed by atoms with Crippen molar-refractivity contribution in [1.29, 1.82) is 0 Å². The van der Waals surface area contributed by atoms with Gasteiger partial charge < -0.3 is 16.2 Å². The number of nitrogens with two attached hydrogens (primary N) is 1. The Labute approximate surface area is 97.1 Å². The van der Waals surface area contributed by atoms with E-state index in [1.807, 2.05) is 13.1 Å². The molecule has 90 valence electrons. The molecule has 0 spiro atoms. The molecule has 0 aliphatic heterocycles. The summed E-state index contributed by atoms with van der Waals surface area (Å²) in [5, 5.41) is 12.9. The number of aromatic hydroxyl groups is 1. The van der Waals surface area contributed by atoms with E-state index in [0.717, 1.165) is 30.9 Å². The van der Waals surface area contributed by atoms with Crippen molar-refractivity contribution >= 4 is 11.4 Å². The van der Waals surface area contributed by atoms with Gasteiger partial charge in [-0.05, 0) is 25.2 Å². The van der Waals surface area contributed by atoms with E-state index in [4.69, 9.17) is 5.73 Å². The summed E-state index contributed by atoms with van der Waals surface area (Å²) in [6, 6.07) is 3.67. The first kappa shape index (κ1) is 12.6. The molecule has 0 heterocycles. The van der Waals surface area contributed by atoms with Crippen molar-refractivity contribution in [3.8, 4) is 5.75 Å². The first-order valence-electron chi connectivity index (χ1n) is 5.63. The SMILES string of the molecule is CCN(CC)Cc1cc(NC)cc(N)c1O. The molecule has 0 saturated carbocycles. The average Bonchev–Trinajstić information content (AvgIpc) is 2.30. The number of nitrogens with one attached hydrogen (secondary N) is 1. The minimum atomic E-state index is 0.200. The molecule has 0 atom stereocenters. The number of nitrogens with zero attached hydrogens (tertiary/aromatic N) is 1. The zero-order valence-electron chi connectivity index (χ0n) is 10.2. The van der Waals surface area contributed by atoms with Gasteiger partial charge in [-0.1, -0.05) is 13.8 Å². The van der Waals surface area contributed by atoms with Crippen molar-refractivity contribution in [3.05, 3.63) is 17.7 Å². The lowest BCUT2D eigenvalue weighted by Gasteiger charge is -2.19. The van der Waals surface area contributed by atoms with Crippen LogP contribution in [0.25, 0.3) is 0 Å². The van der Waals surface area contributed by atoms with Crippen LogP contribution in [0.4, 0.5) is 11.4 Å². The third-order valence-corrected chi connectivity index (χ3v) is 2.80. The Hall–Kier alpha value is -1.42. The molecule has 1 aromatic rings. The fraction of sp³-hybridized carbons (Fsp3) is 0.500. The van der Waals surface area contributed by atoms with E-state index in [-0.39, 0.29) is 5.75 Å². The van der Waals surface area contributed by atoms with Crippen LogP contribution in [0, 0.1) is 0 Å². The molecule has 0 fully saturated rings. The third kappa shape index (κ3) is 2.79. The molecule has 4 nitrogen and oxygen atoms in total. The van der Waals surface area contributed by atoms with Crippen LogP contribution in [0.2, 0.25) is 0 Å². The highest BCUT2D eigenvalue weighted by atomic mass is 16.3. The lowest BCUT2D eigenvalue weighted by molar-refractivity contribution is 0.291. The maximum absolute atomic E-state index is 9.88. The first-order chi connectivity index (χ1) is 7.62. The maximum atomic E-state index is 9.88. The summed E-state index contributed by atoms with van der Waals surface area (Å²) in [4.78, 5) is 2.23. The van der Waals surface area contributed by atoms with Gasteiger partial charge in [-0.2, -0.15) is 0 Å². The quantitative estimate of drug-likeness (QED) is 0.405. The van der Waals surface area contributed by atoms with Gasteiger partial charge in [-0.25, -0.2) is 0 Å². The minimum absolute atomic E-state index is 0.200. The lowest BCUT2D eigenvalue weighted by Crippen LogP contribution is -2.22. The van der Waals surface area contributed by atoms with E-state index < -0.39 is 0 Å². The van der Waals surface area contributed by atoms with Gasteiger partial charge in [-0.3, -0.25) is 4.90 Å². The van der Waals surface area contributed by atoms with Crippen LogP contribution in [0.1, 0.15) is 19.4 Å². The fourth-order valence-corrected chi connectivity index (χ4v) is 1.67. The van der Waals surface area contributed by atoms with Crippen LogP contribution < -0.4 is 11.1 Å². The van der Waals surface area contributed by atoms with Crippen LogP contribution in [0.15, 0.2) is 12.1 Å². The molecule has 0 bridgehead atoms. The van der Waals surface area contributed by atoms with Crippen molar-refractivity contribution in [2.24, 2.45) is 0 Å². The molecule has 0 aliphatic rings. The van der Waals surface area contributed by atoms with Gasteiger partial charge in [0.1, 0.15) is 5.75 Å². The van der Waals surface area contributed by atoms with Crippen molar-refractivity contribution in [2.75, 3.05) is 31.2 Å². The molecule has 4 heteroatoms. The summed E-state index contributed by atoms with van der Waals surface area (Å²) < 4.78 is 0. The summed E-state index contributed by atoms with van der Waals surface area (Å²) in [7, 11) is 1.84. The van der Waals surface area contributed by atoms with Gasteiger partial charge >= 0.3 is 0 Å². The molecule has 4 N–H and O–H groups in total. The summed E-state index contributed by atoms with van der Waals surface area (Å²) in [5.74, 6) is 0.200. The van der Waals surface area contributed by atoms with Gasteiger partial charge in [-0.15, -0.1) is 0 Å². The smallest absolute Gasteiger partial charge is 0.143 e.